The number of fused-ring (bicyclic) bond motifs is 2. The number of rotatable bonds is 3. The number of ether oxygens (including phenoxy) is 1. The number of nitrogens with zero attached hydrogens (tertiary/aromatic N) is 1. The van der Waals surface area contributed by atoms with Crippen LogP contribution in [0.5, 0.6) is 0 Å². The lowest BCUT2D eigenvalue weighted by Crippen LogP contribution is -2.72. The molecular weight excluding hydrogens is 214 g/mol. The van der Waals surface area contributed by atoms with Crippen molar-refractivity contribution in [3.05, 3.63) is 12.7 Å². The molecule has 4 nitrogen and oxygen atoms in total. The van der Waals surface area contributed by atoms with Crippen LogP contribution in [0.1, 0.15) is 25.7 Å². The highest BCUT2D eigenvalue weighted by molar-refractivity contribution is 5.78. The molecule has 17 heavy (non-hydrogen) atoms. The Labute approximate surface area is 102 Å². The fourth-order valence-corrected chi connectivity index (χ4v) is 3.82. The molecule has 3 N–H and O–H groups in total. The third kappa shape index (κ3) is 1.50. The lowest BCUT2D eigenvalue weighted by molar-refractivity contribution is -0.171. The van der Waals surface area contributed by atoms with Crippen molar-refractivity contribution in [2.75, 3.05) is 13.2 Å². The predicted octanol–water partition coefficient (Wildman–Crippen LogP) is 1.03. The number of aliphatic imine (C=N–C) groups is 1. The van der Waals surface area contributed by atoms with Gasteiger partial charge in [-0.25, -0.2) is 4.99 Å². The maximum Gasteiger partial charge on any atom is 0.189 e. The summed E-state index contributed by atoms with van der Waals surface area (Å²) >= 11 is 0. The van der Waals surface area contributed by atoms with E-state index in [9.17, 15) is 0 Å². The minimum Gasteiger partial charge on any atom is -0.377 e. The third-order valence-corrected chi connectivity index (χ3v) is 4.73. The fourth-order valence-electron chi connectivity index (χ4n) is 3.82. The van der Waals surface area contributed by atoms with Crippen molar-refractivity contribution in [3.8, 4) is 0 Å². The third-order valence-electron chi connectivity index (χ3n) is 4.73. The molecule has 1 heterocycles. The van der Waals surface area contributed by atoms with E-state index in [1.807, 2.05) is 0 Å². The highest BCUT2D eigenvalue weighted by atomic mass is 16.5. The lowest BCUT2D eigenvalue weighted by Gasteiger charge is -2.63. The summed E-state index contributed by atoms with van der Waals surface area (Å²) < 4.78 is 5.87. The summed E-state index contributed by atoms with van der Waals surface area (Å²) in [5.74, 6) is 1.21. The molecule has 1 aliphatic heterocycles. The molecule has 1 saturated heterocycles. The highest BCUT2D eigenvalue weighted by Crippen LogP contribution is 2.62. The molecule has 0 amide bonds. The molecule has 2 saturated carbocycles. The molecule has 0 aromatic rings. The van der Waals surface area contributed by atoms with E-state index in [1.54, 1.807) is 6.08 Å². The molecule has 4 heteroatoms. The summed E-state index contributed by atoms with van der Waals surface area (Å²) in [6.45, 7) is 5.15. The smallest absolute Gasteiger partial charge is 0.189 e. The quantitative estimate of drug-likeness (QED) is 0.436. The SMILES string of the molecule is C=CCN=C(N)NC1C2CCOC2C12CCC2. The topological polar surface area (TPSA) is 59.6 Å². The van der Waals surface area contributed by atoms with Crippen molar-refractivity contribution >= 4 is 5.96 Å². The van der Waals surface area contributed by atoms with Crippen LogP contribution >= 0.6 is 0 Å². The second-order valence-corrected chi connectivity index (χ2v) is 5.47. The van der Waals surface area contributed by atoms with Gasteiger partial charge in [-0.3, -0.25) is 0 Å². The van der Waals surface area contributed by atoms with Crippen LogP contribution in [0.15, 0.2) is 17.6 Å². The standard InChI is InChI=1S/C13H21N3O/c1-2-7-15-12(14)16-10-9-4-8-17-11(9)13(10)5-3-6-13/h2,9-11H,1,3-8H2,(H3,14,15,16). The van der Waals surface area contributed by atoms with E-state index in [0.29, 0.717) is 36.0 Å². The first-order valence-electron chi connectivity index (χ1n) is 6.57. The van der Waals surface area contributed by atoms with E-state index in [1.165, 1.54) is 25.7 Å². The minimum atomic E-state index is 0.371. The van der Waals surface area contributed by atoms with Crippen molar-refractivity contribution in [3.63, 3.8) is 0 Å². The summed E-state index contributed by atoms with van der Waals surface area (Å²) in [5, 5.41) is 3.42. The molecule has 3 rings (SSSR count). The Morgan fingerprint density at radius 3 is 3.06 bits per heavy atom. The van der Waals surface area contributed by atoms with E-state index in [4.69, 9.17) is 10.5 Å². The van der Waals surface area contributed by atoms with Gasteiger partial charge < -0.3 is 15.8 Å². The van der Waals surface area contributed by atoms with Gasteiger partial charge in [-0.2, -0.15) is 0 Å². The van der Waals surface area contributed by atoms with Gasteiger partial charge in [0.15, 0.2) is 5.96 Å². The Morgan fingerprint density at radius 1 is 1.59 bits per heavy atom. The first-order chi connectivity index (χ1) is 8.28. The molecule has 3 fully saturated rings. The molecule has 0 aromatic heterocycles. The molecule has 3 atom stereocenters. The van der Waals surface area contributed by atoms with Crippen LogP contribution in [0.4, 0.5) is 0 Å². The Morgan fingerprint density at radius 2 is 2.41 bits per heavy atom. The summed E-state index contributed by atoms with van der Waals surface area (Å²) in [4.78, 5) is 4.23. The average Bonchev–Trinajstić information content (AvgIpc) is 2.66. The van der Waals surface area contributed by atoms with Gasteiger partial charge in [0, 0.05) is 24.0 Å². The van der Waals surface area contributed by atoms with E-state index in [0.717, 1.165) is 6.61 Å². The normalized spacial score (nSPS) is 38.1. The van der Waals surface area contributed by atoms with E-state index < -0.39 is 0 Å². The zero-order valence-corrected chi connectivity index (χ0v) is 10.2. The average molecular weight is 235 g/mol. The summed E-state index contributed by atoms with van der Waals surface area (Å²) in [6, 6.07) is 0.484. The monoisotopic (exact) mass is 235 g/mol. The van der Waals surface area contributed by atoms with Gasteiger partial charge in [0.25, 0.3) is 0 Å². The Kier molecular flexibility index (Phi) is 2.62. The van der Waals surface area contributed by atoms with E-state index in [-0.39, 0.29) is 0 Å². The van der Waals surface area contributed by atoms with Gasteiger partial charge in [0.1, 0.15) is 0 Å². The first-order valence-corrected chi connectivity index (χ1v) is 6.57. The van der Waals surface area contributed by atoms with Crippen LogP contribution in [0.3, 0.4) is 0 Å². The Hall–Kier alpha value is -1.03. The fraction of sp³-hybridized carbons (Fsp3) is 0.769. The first kappa shape index (κ1) is 11.1. The van der Waals surface area contributed by atoms with Gasteiger partial charge in [-0.1, -0.05) is 12.5 Å². The van der Waals surface area contributed by atoms with Crippen LogP contribution in [0.25, 0.3) is 0 Å². The minimum absolute atomic E-state index is 0.371. The second-order valence-electron chi connectivity index (χ2n) is 5.47. The van der Waals surface area contributed by atoms with Gasteiger partial charge in [-0.15, -0.1) is 6.58 Å². The zero-order chi connectivity index (χ0) is 11.9. The van der Waals surface area contributed by atoms with E-state index >= 15 is 0 Å². The van der Waals surface area contributed by atoms with E-state index in [2.05, 4.69) is 16.9 Å². The van der Waals surface area contributed by atoms with Crippen molar-refractivity contribution in [2.45, 2.75) is 37.8 Å². The summed E-state index contributed by atoms with van der Waals surface area (Å²) in [5.41, 5.74) is 6.27. The van der Waals surface area contributed by atoms with Gasteiger partial charge >= 0.3 is 0 Å². The molecule has 0 aromatic carbocycles. The molecule has 0 radical (unpaired) electrons. The van der Waals surface area contributed by atoms with Crippen molar-refractivity contribution in [1.82, 2.24) is 5.32 Å². The van der Waals surface area contributed by atoms with Crippen molar-refractivity contribution in [1.29, 1.82) is 0 Å². The van der Waals surface area contributed by atoms with Crippen LogP contribution < -0.4 is 11.1 Å². The summed E-state index contributed by atoms with van der Waals surface area (Å²) in [7, 11) is 0. The molecule has 3 unspecified atom stereocenters. The molecule has 1 spiro atoms. The summed E-state index contributed by atoms with van der Waals surface area (Å²) in [6.07, 6.45) is 7.30. The molecule has 2 aliphatic carbocycles. The number of guanidine groups is 1. The number of hydrogen-bond donors (Lipinski definition) is 2. The van der Waals surface area contributed by atoms with Gasteiger partial charge in [0.2, 0.25) is 0 Å². The second kappa shape index (κ2) is 4.02. The largest absolute Gasteiger partial charge is 0.377 e. The van der Waals surface area contributed by atoms with Gasteiger partial charge in [0.05, 0.1) is 12.6 Å². The van der Waals surface area contributed by atoms with Crippen LogP contribution in [-0.2, 0) is 4.74 Å². The molecule has 3 aliphatic rings. The number of nitrogens with two attached hydrogens (primary N) is 1. The zero-order valence-electron chi connectivity index (χ0n) is 10.2. The lowest BCUT2D eigenvalue weighted by atomic mass is 9.46. The number of nitrogens with one attached hydrogen (secondary N) is 1. The molecule has 94 valence electrons. The van der Waals surface area contributed by atoms with Crippen molar-refractivity contribution < 1.29 is 4.74 Å². The van der Waals surface area contributed by atoms with Crippen LogP contribution in [-0.4, -0.2) is 31.3 Å². The highest BCUT2D eigenvalue weighted by Gasteiger charge is 2.66. The Bertz CT molecular complexity index is 349. The maximum atomic E-state index is 5.90. The predicted molar refractivity (Wildman–Crippen MR) is 67.7 cm³/mol. The van der Waals surface area contributed by atoms with Crippen LogP contribution in [0.2, 0.25) is 0 Å². The van der Waals surface area contributed by atoms with Crippen molar-refractivity contribution in [2.24, 2.45) is 22.1 Å². The molecular formula is C13H21N3O. The number of hydrogen-bond acceptors (Lipinski definition) is 2. The Balaban J connectivity index is 1.68. The van der Waals surface area contributed by atoms with Gasteiger partial charge in [-0.05, 0) is 19.3 Å². The maximum absolute atomic E-state index is 5.90. The van der Waals surface area contributed by atoms with Crippen LogP contribution in [0, 0.1) is 11.3 Å². The molecule has 0 bridgehead atoms.